The highest BCUT2D eigenvalue weighted by Crippen LogP contribution is 2.29. The summed E-state index contributed by atoms with van der Waals surface area (Å²) in [4.78, 5) is 30.8. The van der Waals surface area contributed by atoms with Crippen LogP contribution in [-0.2, 0) is 0 Å². The highest BCUT2D eigenvalue weighted by Gasteiger charge is 2.18. The first-order chi connectivity index (χ1) is 13.4. The number of hydrogen-bond acceptors (Lipinski definition) is 6. The van der Waals surface area contributed by atoms with E-state index in [0.717, 1.165) is 13.1 Å². The molecule has 2 heterocycles. The lowest BCUT2D eigenvalue weighted by atomic mass is 10.1. The number of nitrogens with zero attached hydrogens (tertiary/aromatic N) is 3. The van der Waals surface area contributed by atoms with Gasteiger partial charge >= 0.3 is 5.97 Å². The van der Waals surface area contributed by atoms with Gasteiger partial charge in [-0.05, 0) is 38.1 Å². The minimum Gasteiger partial charge on any atom is -0.504 e. The van der Waals surface area contributed by atoms with E-state index in [1.165, 1.54) is 23.9 Å². The standard InChI is InChI=1S/C20H21N3O5/c1-4-22(5-2)17-9-7-13-18(25)14(20(26)27)11-23(19(13)21-17)12-6-8-16(28-3)15(24)10-12/h6-11,24H,4-5H2,1-3H3,(H,26,27). The number of phenols is 1. The van der Waals surface area contributed by atoms with Gasteiger partial charge in [-0.15, -0.1) is 0 Å². The lowest BCUT2D eigenvalue weighted by Gasteiger charge is -2.21. The molecule has 0 atom stereocenters. The Morgan fingerprint density at radius 3 is 2.50 bits per heavy atom. The summed E-state index contributed by atoms with van der Waals surface area (Å²) in [5.74, 6) is -0.481. The second kappa shape index (κ2) is 7.59. The zero-order valence-corrected chi connectivity index (χ0v) is 15.8. The molecule has 0 amide bonds. The number of carbonyl (C=O) groups is 1. The number of benzene rings is 1. The smallest absolute Gasteiger partial charge is 0.341 e. The second-order valence-corrected chi connectivity index (χ2v) is 6.12. The molecule has 3 aromatic rings. The van der Waals surface area contributed by atoms with Gasteiger partial charge in [-0.1, -0.05) is 0 Å². The van der Waals surface area contributed by atoms with E-state index in [4.69, 9.17) is 4.74 Å². The van der Waals surface area contributed by atoms with Crippen LogP contribution >= 0.6 is 0 Å². The Balaban J connectivity index is 2.36. The Morgan fingerprint density at radius 1 is 1.21 bits per heavy atom. The molecule has 8 nitrogen and oxygen atoms in total. The van der Waals surface area contributed by atoms with Gasteiger partial charge in [0.1, 0.15) is 11.4 Å². The number of hydrogen-bond donors (Lipinski definition) is 2. The molecule has 0 aliphatic rings. The average Bonchev–Trinajstić information content (AvgIpc) is 2.69. The molecule has 0 aliphatic carbocycles. The van der Waals surface area contributed by atoms with E-state index in [1.54, 1.807) is 24.3 Å². The van der Waals surface area contributed by atoms with Crippen molar-refractivity contribution in [2.45, 2.75) is 13.8 Å². The summed E-state index contributed by atoms with van der Waals surface area (Å²) in [6.07, 6.45) is 1.23. The minimum absolute atomic E-state index is 0.108. The van der Waals surface area contributed by atoms with Crippen molar-refractivity contribution in [3.8, 4) is 17.2 Å². The van der Waals surface area contributed by atoms with Crippen LogP contribution < -0.4 is 15.1 Å². The van der Waals surface area contributed by atoms with E-state index in [0.29, 0.717) is 17.2 Å². The van der Waals surface area contributed by atoms with Gasteiger partial charge in [0.25, 0.3) is 0 Å². The fourth-order valence-electron chi connectivity index (χ4n) is 3.09. The molecule has 0 aliphatic heterocycles. The minimum atomic E-state index is -1.33. The van der Waals surface area contributed by atoms with Gasteiger partial charge in [0.15, 0.2) is 17.1 Å². The number of methoxy groups -OCH3 is 1. The normalized spacial score (nSPS) is 10.8. The number of ether oxygens (including phenoxy) is 1. The zero-order valence-electron chi connectivity index (χ0n) is 15.8. The quantitative estimate of drug-likeness (QED) is 0.674. The van der Waals surface area contributed by atoms with Crippen molar-refractivity contribution in [2.24, 2.45) is 0 Å². The molecule has 2 aromatic heterocycles. The summed E-state index contributed by atoms with van der Waals surface area (Å²) in [7, 11) is 1.43. The van der Waals surface area contributed by atoms with Crippen LogP contribution in [0.4, 0.5) is 5.82 Å². The number of carboxylic acid groups (broad SMARTS) is 1. The lowest BCUT2D eigenvalue weighted by Crippen LogP contribution is -2.24. The van der Waals surface area contributed by atoms with Crippen LogP contribution in [0.1, 0.15) is 24.2 Å². The van der Waals surface area contributed by atoms with E-state index < -0.39 is 11.4 Å². The third kappa shape index (κ3) is 3.24. The third-order valence-electron chi connectivity index (χ3n) is 4.59. The van der Waals surface area contributed by atoms with Gasteiger partial charge in [-0.3, -0.25) is 4.79 Å². The van der Waals surface area contributed by atoms with Crippen LogP contribution in [0.25, 0.3) is 16.7 Å². The molecule has 28 heavy (non-hydrogen) atoms. The number of carboxylic acids is 1. The van der Waals surface area contributed by atoms with E-state index in [1.807, 2.05) is 18.7 Å². The largest absolute Gasteiger partial charge is 0.504 e. The van der Waals surface area contributed by atoms with Gasteiger partial charge in [0.05, 0.1) is 18.2 Å². The number of rotatable bonds is 6. The van der Waals surface area contributed by atoms with Crippen molar-refractivity contribution >= 4 is 22.8 Å². The molecule has 0 saturated carbocycles. The maximum absolute atomic E-state index is 12.6. The molecule has 3 rings (SSSR count). The molecule has 2 N–H and O–H groups in total. The van der Waals surface area contributed by atoms with Gasteiger partial charge in [-0.25, -0.2) is 9.78 Å². The van der Waals surface area contributed by atoms with E-state index in [-0.39, 0.29) is 22.4 Å². The fourth-order valence-corrected chi connectivity index (χ4v) is 3.09. The van der Waals surface area contributed by atoms with Crippen LogP contribution in [0.5, 0.6) is 11.5 Å². The maximum atomic E-state index is 12.6. The molecule has 0 fully saturated rings. The molecular formula is C20H21N3O5. The Hall–Kier alpha value is -3.55. The predicted molar refractivity (Wildman–Crippen MR) is 106 cm³/mol. The van der Waals surface area contributed by atoms with Gasteiger partial charge in [0, 0.05) is 25.4 Å². The monoisotopic (exact) mass is 383 g/mol. The Kier molecular flexibility index (Phi) is 5.21. The second-order valence-electron chi connectivity index (χ2n) is 6.12. The lowest BCUT2D eigenvalue weighted by molar-refractivity contribution is 0.0695. The number of fused-ring (bicyclic) bond motifs is 1. The van der Waals surface area contributed by atoms with Crippen molar-refractivity contribution < 1.29 is 19.7 Å². The SMILES string of the molecule is CCN(CC)c1ccc2c(=O)c(C(=O)O)cn(-c3ccc(OC)c(O)c3)c2n1. The predicted octanol–water partition coefficient (Wildman–Crippen LogP) is 2.64. The molecule has 146 valence electrons. The van der Waals surface area contributed by atoms with Crippen molar-refractivity contribution in [2.75, 3.05) is 25.1 Å². The first kappa shape index (κ1) is 19.2. The van der Waals surface area contributed by atoms with Crippen molar-refractivity contribution in [3.05, 3.63) is 52.3 Å². The summed E-state index contributed by atoms with van der Waals surface area (Å²) in [6, 6.07) is 7.94. The molecule has 1 aromatic carbocycles. The van der Waals surface area contributed by atoms with E-state index in [2.05, 4.69) is 4.98 Å². The third-order valence-corrected chi connectivity index (χ3v) is 4.59. The number of aromatic hydroxyl groups is 1. The zero-order chi connectivity index (χ0) is 20.4. The van der Waals surface area contributed by atoms with Crippen LogP contribution in [-0.4, -0.2) is 45.9 Å². The molecular weight excluding hydrogens is 362 g/mol. The maximum Gasteiger partial charge on any atom is 0.341 e. The molecule has 0 radical (unpaired) electrons. The van der Waals surface area contributed by atoms with Crippen molar-refractivity contribution in [1.82, 2.24) is 9.55 Å². The summed E-state index contributed by atoms with van der Waals surface area (Å²) in [5.41, 5.74) is -0.214. The Morgan fingerprint density at radius 2 is 1.93 bits per heavy atom. The van der Waals surface area contributed by atoms with Crippen LogP contribution in [0.2, 0.25) is 0 Å². The number of aromatic nitrogens is 2. The summed E-state index contributed by atoms with van der Waals surface area (Å²) in [5, 5.41) is 19.8. The highest BCUT2D eigenvalue weighted by atomic mass is 16.5. The first-order valence-electron chi connectivity index (χ1n) is 8.83. The van der Waals surface area contributed by atoms with Crippen LogP contribution in [0, 0.1) is 0 Å². The number of aromatic carboxylic acids is 1. The molecule has 0 saturated heterocycles. The molecule has 0 bridgehead atoms. The average molecular weight is 383 g/mol. The fraction of sp³-hybridized carbons (Fsp3) is 0.250. The van der Waals surface area contributed by atoms with Crippen molar-refractivity contribution in [3.63, 3.8) is 0 Å². The van der Waals surface area contributed by atoms with Crippen LogP contribution in [0.15, 0.2) is 41.3 Å². The summed E-state index contributed by atoms with van der Waals surface area (Å²) < 4.78 is 6.55. The summed E-state index contributed by atoms with van der Waals surface area (Å²) >= 11 is 0. The van der Waals surface area contributed by atoms with Crippen LogP contribution in [0.3, 0.4) is 0 Å². The summed E-state index contributed by atoms with van der Waals surface area (Å²) in [6.45, 7) is 5.46. The molecule has 0 spiro atoms. The van der Waals surface area contributed by atoms with Gasteiger partial charge in [-0.2, -0.15) is 0 Å². The van der Waals surface area contributed by atoms with E-state index in [9.17, 15) is 19.8 Å². The van der Waals surface area contributed by atoms with Gasteiger partial charge in [0.2, 0.25) is 5.43 Å². The Labute approximate surface area is 161 Å². The Bertz CT molecular complexity index is 1100. The number of pyridine rings is 2. The molecule has 0 unspecified atom stereocenters. The first-order valence-corrected chi connectivity index (χ1v) is 8.83. The number of phenolic OH excluding ortho intramolecular Hbond substituents is 1. The molecule has 8 heteroatoms. The highest BCUT2D eigenvalue weighted by molar-refractivity contribution is 5.92. The van der Waals surface area contributed by atoms with Gasteiger partial charge < -0.3 is 24.4 Å². The van der Waals surface area contributed by atoms with E-state index >= 15 is 0 Å². The van der Waals surface area contributed by atoms with Crippen molar-refractivity contribution in [1.29, 1.82) is 0 Å². The number of anilines is 1. The topological polar surface area (TPSA) is 105 Å².